The van der Waals surface area contributed by atoms with Gasteiger partial charge in [-0.2, -0.15) is 24.4 Å². The van der Waals surface area contributed by atoms with E-state index in [9.17, 15) is 12.7 Å². The quantitative estimate of drug-likeness (QED) is 0.422. The van der Waals surface area contributed by atoms with E-state index < -0.39 is 16.2 Å². The molecule has 0 radical (unpaired) electrons. The second-order valence-corrected chi connectivity index (χ2v) is 7.12. The fourth-order valence-electron chi connectivity index (χ4n) is 1.86. The van der Waals surface area contributed by atoms with Gasteiger partial charge in [0.25, 0.3) is 0 Å². The Morgan fingerprint density at radius 2 is 1.83 bits per heavy atom. The second kappa shape index (κ2) is 9.32. The molecule has 1 aromatic rings. The van der Waals surface area contributed by atoms with E-state index in [1.807, 2.05) is 6.26 Å². The summed E-state index contributed by atoms with van der Waals surface area (Å²) in [4.78, 5) is -0.0231. The molecule has 1 atom stereocenters. The minimum Gasteiger partial charge on any atom is -0.348 e. The van der Waals surface area contributed by atoms with E-state index in [0.29, 0.717) is 18.5 Å². The van der Waals surface area contributed by atoms with E-state index in [4.69, 9.17) is 9.47 Å². The standard InChI is InChI=1S/C16H17F3O2S2/c1-22-13-10-20-15(21-11-13)5-3-2-4-12-6-8-14(9-7-12)23(19)16(17)18/h2-9,13,15H,10-11H2,1H3. The normalized spacial score (nSPS) is 23.5. The third-order valence-corrected chi connectivity index (χ3v) is 5.01. The second-order valence-electron chi connectivity index (χ2n) is 4.69. The van der Waals surface area contributed by atoms with Crippen LogP contribution in [0.1, 0.15) is 5.56 Å². The van der Waals surface area contributed by atoms with Crippen LogP contribution in [0.25, 0.3) is 6.08 Å². The summed E-state index contributed by atoms with van der Waals surface area (Å²) in [6.07, 6.45) is 8.86. The summed E-state index contributed by atoms with van der Waals surface area (Å²) in [6.45, 7) is 1.32. The third-order valence-electron chi connectivity index (χ3n) is 3.12. The molecule has 2 nitrogen and oxygen atoms in total. The van der Waals surface area contributed by atoms with Gasteiger partial charge in [-0.1, -0.05) is 30.4 Å². The first-order valence-electron chi connectivity index (χ1n) is 6.89. The lowest BCUT2D eigenvalue weighted by Gasteiger charge is -2.26. The fourth-order valence-corrected chi connectivity index (χ4v) is 2.84. The molecule has 0 bridgehead atoms. The molecule has 0 amide bonds. The van der Waals surface area contributed by atoms with Gasteiger partial charge in [-0.25, -0.2) is 0 Å². The highest BCUT2D eigenvalue weighted by Gasteiger charge is 2.18. The molecule has 7 heteroatoms. The van der Waals surface area contributed by atoms with Gasteiger partial charge in [-0.15, -0.1) is 0 Å². The minimum atomic E-state index is -2.60. The molecular weight excluding hydrogens is 345 g/mol. The average molecular weight is 362 g/mol. The SMILES string of the molecule is CSC1COC(C=CC=Cc2ccc(S(F)=C(F)F)cc2)OC1. The number of halogens is 3. The van der Waals surface area contributed by atoms with Crippen molar-refractivity contribution in [3.05, 3.63) is 48.1 Å². The molecule has 0 aliphatic carbocycles. The molecule has 23 heavy (non-hydrogen) atoms. The molecule has 1 aliphatic heterocycles. The lowest BCUT2D eigenvalue weighted by Crippen LogP contribution is -2.32. The number of ether oxygens (including phenoxy) is 2. The van der Waals surface area contributed by atoms with Gasteiger partial charge < -0.3 is 9.47 Å². The smallest absolute Gasteiger partial charge is 0.328 e. The van der Waals surface area contributed by atoms with Gasteiger partial charge in [0.2, 0.25) is 0 Å². The van der Waals surface area contributed by atoms with E-state index >= 15 is 0 Å². The van der Waals surface area contributed by atoms with Gasteiger partial charge in [0.15, 0.2) is 6.29 Å². The number of thioether (sulfide) groups is 1. The number of benzene rings is 1. The first-order valence-corrected chi connectivity index (χ1v) is 9.31. The molecule has 2 rings (SSSR count). The summed E-state index contributed by atoms with van der Waals surface area (Å²) in [5, 5.41) is -1.83. The Kier molecular flexibility index (Phi) is 7.42. The first kappa shape index (κ1) is 18.3. The van der Waals surface area contributed by atoms with Gasteiger partial charge >= 0.3 is 5.37 Å². The molecular formula is C16H17F3O2S2. The van der Waals surface area contributed by atoms with E-state index in [0.717, 1.165) is 5.56 Å². The predicted molar refractivity (Wildman–Crippen MR) is 91.8 cm³/mol. The van der Waals surface area contributed by atoms with Crippen LogP contribution < -0.4 is 0 Å². The summed E-state index contributed by atoms with van der Waals surface area (Å²) in [5.74, 6) is 0. The summed E-state index contributed by atoms with van der Waals surface area (Å²) in [7, 11) is -2.60. The number of allylic oxidation sites excluding steroid dienone is 2. The first-order chi connectivity index (χ1) is 11.1. The van der Waals surface area contributed by atoms with Crippen molar-refractivity contribution in [3.63, 3.8) is 0 Å². The van der Waals surface area contributed by atoms with Crippen molar-refractivity contribution in [2.75, 3.05) is 19.5 Å². The third kappa shape index (κ3) is 5.84. The van der Waals surface area contributed by atoms with Crippen molar-refractivity contribution in [1.82, 2.24) is 0 Å². The van der Waals surface area contributed by atoms with Gasteiger partial charge in [0.1, 0.15) is 0 Å². The molecule has 126 valence electrons. The van der Waals surface area contributed by atoms with Crippen molar-refractivity contribution in [2.45, 2.75) is 16.4 Å². The maximum Gasteiger partial charge on any atom is 0.328 e. The highest BCUT2D eigenvalue weighted by molar-refractivity contribution is 8.11. The van der Waals surface area contributed by atoms with Gasteiger partial charge in [-0.3, -0.25) is 0 Å². The predicted octanol–water partition coefficient (Wildman–Crippen LogP) is 4.90. The van der Waals surface area contributed by atoms with Crippen molar-refractivity contribution in [1.29, 1.82) is 0 Å². The Labute approximate surface area is 140 Å². The van der Waals surface area contributed by atoms with Gasteiger partial charge in [0.05, 0.1) is 29.3 Å². The number of hydrogen-bond acceptors (Lipinski definition) is 3. The van der Waals surface area contributed by atoms with Crippen LogP contribution in [0.4, 0.5) is 12.7 Å². The van der Waals surface area contributed by atoms with Crippen molar-refractivity contribution < 1.29 is 22.1 Å². The molecule has 0 saturated carbocycles. The van der Waals surface area contributed by atoms with Gasteiger partial charge in [0, 0.05) is 4.90 Å². The van der Waals surface area contributed by atoms with Crippen LogP contribution in [0.5, 0.6) is 0 Å². The maximum absolute atomic E-state index is 13.1. The Bertz CT molecular complexity index is 588. The van der Waals surface area contributed by atoms with Gasteiger partial charge in [-0.05, 0) is 30.0 Å². The van der Waals surface area contributed by atoms with E-state index in [1.165, 1.54) is 12.1 Å². The zero-order chi connectivity index (χ0) is 16.7. The summed E-state index contributed by atoms with van der Waals surface area (Å²) >= 11 is 1.72. The van der Waals surface area contributed by atoms with Crippen molar-refractivity contribution in [2.24, 2.45) is 0 Å². The molecule has 1 aromatic carbocycles. The maximum atomic E-state index is 13.1. The molecule has 1 aliphatic rings. The molecule has 0 aromatic heterocycles. The van der Waals surface area contributed by atoms with E-state index in [2.05, 4.69) is 0 Å². The lowest BCUT2D eigenvalue weighted by molar-refractivity contribution is -0.146. The van der Waals surface area contributed by atoms with Crippen LogP contribution in [-0.4, -0.2) is 36.4 Å². The Hall–Kier alpha value is -1.02. The zero-order valence-electron chi connectivity index (χ0n) is 12.5. The minimum absolute atomic E-state index is 0.0231. The van der Waals surface area contributed by atoms with Crippen molar-refractivity contribution >= 4 is 34.1 Å². The Balaban J connectivity index is 1.86. The van der Waals surface area contributed by atoms with Crippen LogP contribution in [0.2, 0.25) is 0 Å². The van der Waals surface area contributed by atoms with Crippen LogP contribution in [0, 0.1) is 0 Å². The summed E-state index contributed by atoms with van der Waals surface area (Å²) < 4.78 is 48.6. The molecule has 1 saturated heterocycles. The van der Waals surface area contributed by atoms with Crippen LogP contribution >= 0.6 is 22.6 Å². The highest BCUT2D eigenvalue weighted by Crippen LogP contribution is 2.30. The van der Waals surface area contributed by atoms with E-state index in [1.54, 1.807) is 48.2 Å². The van der Waals surface area contributed by atoms with Crippen LogP contribution in [0.3, 0.4) is 0 Å². The van der Waals surface area contributed by atoms with Crippen LogP contribution in [0.15, 0.2) is 47.4 Å². The Morgan fingerprint density at radius 3 is 2.39 bits per heavy atom. The monoisotopic (exact) mass is 362 g/mol. The number of rotatable bonds is 5. The molecule has 1 heterocycles. The topological polar surface area (TPSA) is 18.5 Å². The molecule has 1 unspecified atom stereocenters. The zero-order valence-corrected chi connectivity index (χ0v) is 14.1. The molecule has 1 fully saturated rings. The highest BCUT2D eigenvalue weighted by atomic mass is 32.2. The fraction of sp³-hybridized carbons (Fsp3) is 0.312. The molecule has 0 N–H and O–H groups in total. The Morgan fingerprint density at radius 1 is 1.17 bits per heavy atom. The largest absolute Gasteiger partial charge is 0.348 e. The number of hydrogen-bond donors (Lipinski definition) is 0. The molecule has 0 spiro atoms. The average Bonchev–Trinajstić information content (AvgIpc) is 2.59. The van der Waals surface area contributed by atoms with Crippen LogP contribution in [-0.2, 0) is 9.47 Å². The lowest BCUT2D eigenvalue weighted by atomic mass is 10.2. The van der Waals surface area contributed by atoms with Crippen molar-refractivity contribution in [3.8, 4) is 0 Å². The van der Waals surface area contributed by atoms with E-state index in [-0.39, 0.29) is 11.2 Å². The summed E-state index contributed by atoms with van der Waals surface area (Å²) in [6, 6.07) is 5.92. The summed E-state index contributed by atoms with van der Waals surface area (Å²) in [5.41, 5.74) is 0.794.